The number of aliphatic imine (C=N–C) groups is 1. The second kappa shape index (κ2) is 10.3. The van der Waals surface area contributed by atoms with Gasteiger partial charge in [-0.25, -0.2) is 9.97 Å². The van der Waals surface area contributed by atoms with E-state index in [-0.39, 0.29) is 6.10 Å². The first-order valence-electron chi connectivity index (χ1n) is 10.9. The minimum Gasteiger partial charge on any atom is -0.444 e. The van der Waals surface area contributed by atoms with Crippen molar-refractivity contribution < 1.29 is 9.15 Å². The average molecular weight is 435 g/mol. The van der Waals surface area contributed by atoms with Crippen molar-refractivity contribution in [1.29, 1.82) is 0 Å². The zero-order valence-electron chi connectivity index (χ0n) is 18.8. The fraction of sp³-hybridized carbons (Fsp3) is 0.375. The maximum atomic E-state index is 5.62. The Hall–Kier alpha value is -3.39. The van der Waals surface area contributed by atoms with Gasteiger partial charge in [0.15, 0.2) is 5.96 Å². The van der Waals surface area contributed by atoms with E-state index in [1.165, 1.54) is 5.56 Å². The predicted octanol–water partition coefficient (Wildman–Crippen LogP) is 3.14. The third-order valence-electron chi connectivity index (χ3n) is 5.34. The molecule has 3 heterocycles. The van der Waals surface area contributed by atoms with Gasteiger partial charge in [0.1, 0.15) is 12.1 Å². The molecule has 0 amide bonds. The molecule has 168 valence electrons. The first-order valence-corrected chi connectivity index (χ1v) is 10.9. The number of nitrogens with one attached hydrogen (secondary N) is 2. The summed E-state index contributed by atoms with van der Waals surface area (Å²) in [6.07, 6.45) is 3.81. The number of oxazole rings is 1. The van der Waals surface area contributed by atoms with Gasteiger partial charge in [0.2, 0.25) is 5.89 Å². The number of morpholine rings is 1. The van der Waals surface area contributed by atoms with Gasteiger partial charge in [0.05, 0.1) is 24.9 Å². The second-order valence-electron chi connectivity index (χ2n) is 7.94. The maximum Gasteiger partial charge on any atom is 0.226 e. The quantitative estimate of drug-likeness (QED) is 0.455. The minimum absolute atomic E-state index is 0.235. The van der Waals surface area contributed by atoms with Crippen molar-refractivity contribution in [2.45, 2.75) is 33.0 Å². The first kappa shape index (κ1) is 21.8. The summed E-state index contributed by atoms with van der Waals surface area (Å²) in [7, 11) is 1.75. The molecule has 8 nitrogen and oxygen atoms in total. The molecule has 3 aromatic rings. The van der Waals surface area contributed by atoms with Crippen molar-refractivity contribution in [2.24, 2.45) is 4.99 Å². The molecule has 1 aromatic carbocycles. The number of ether oxygens (including phenoxy) is 1. The van der Waals surface area contributed by atoms with E-state index in [0.29, 0.717) is 24.9 Å². The topological polar surface area (TPSA) is 87.8 Å². The summed E-state index contributed by atoms with van der Waals surface area (Å²) in [6.45, 7) is 7.77. The summed E-state index contributed by atoms with van der Waals surface area (Å²) >= 11 is 0. The lowest BCUT2D eigenvalue weighted by atomic mass is 10.1. The van der Waals surface area contributed by atoms with E-state index in [1.54, 1.807) is 13.3 Å². The highest BCUT2D eigenvalue weighted by Gasteiger charge is 2.17. The van der Waals surface area contributed by atoms with Crippen molar-refractivity contribution in [2.75, 3.05) is 31.6 Å². The Balaban J connectivity index is 1.27. The van der Waals surface area contributed by atoms with Crippen LogP contribution in [0.1, 0.15) is 23.7 Å². The van der Waals surface area contributed by atoms with Crippen molar-refractivity contribution in [3.05, 3.63) is 65.7 Å². The number of aryl methyl sites for hydroxylation is 1. The van der Waals surface area contributed by atoms with E-state index in [2.05, 4.69) is 56.5 Å². The van der Waals surface area contributed by atoms with Crippen LogP contribution in [-0.4, -0.2) is 48.8 Å². The molecular weight excluding hydrogens is 404 g/mol. The Kier molecular flexibility index (Phi) is 7.01. The molecule has 2 aromatic heterocycles. The van der Waals surface area contributed by atoms with E-state index >= 15 is 0 Å². The molecule has 0 radical (unpaired) electrons. The van der Waals surface area contributed by atoms with Crippen LogP contribution in [0.25, 0.3) is 11.5 Å². The minimum atomic E-state index is 0.235. The number of hydrogen-bond acceptors (Lipinski definition) is 6. The molecule has 0 spiro atoms. The summed E-state index contributed by atoms with van der Waals surface area (Å²) < 4.78 is 11.2. The number of rotatable bonds is 6. The van der Waals surface area contributed by atoms with Crippen LogP contribution in [0.2, 0.25) is 0 Å². The van der Waals surface area contributed by atoms with Crippen LogP contribution in [-0.2, 0) is 17.8 Å². The monoisotopic (exact) mass is 434 g/mol. The molecule has 32 heavy (non-hydrogen) atoms. The molecule has 0 saturated carbocycles. The van der Waals surface area contributed by atoms with Crippen molar-refractivity contribution >= 4 is 11.8 Å². The maximum absolute atomic E-state index is 5.62. The van der Waals surface area contributed by atoms with E-state index < -0.39 is 0 Å². The summed E-state index contributed by atoms with van der Waals surface area (Å²) in [6, 6.07) is 12.3. The van der Waals surface area contributed by atoms with Crippen LogP contribution in [0, 0.1) is 6.92 Å². The smallest absolute Gasteiger partial charge is 0.226 e. The van der Waals surface area contributed by atoms with Gasteiger partial charge in [-0.05, 0) is 37.6 Å². The third-order valence-corrected chi connectivity index (χ3v) is 5.34. The Morgan fingerprint density at radius 1 is 1.16 bits per heavy atom. The van der Waals surface area contributed by atoms with Crippen LogP contribution in [0.3, 0.4) is 0 Å². The molecule has 1 unspecified atom stereocenters. The molecule has 0 aliphatic carbocycles. The van der Waals surface area contributed by atoms with E-state index in [4.69, 9.17) is 9.15 Å². The van der Waals surface area contributed by atoms with Crippen molar-refractivity contribution in [3.8, 4) is 11.5 Å². The number of guanidine groups is 1. The Labute approximate surface area is 188 Å². The number of aromatic nitrogens is 2. The molecule has 2 N–H and O–H groups in total. The normalized spacial score (nSPS) is 16.8. The molecule has 1 aliphatic rings. The van der Waals surface area contributed by atoms with Crippen LogP contribution >= 0.6 is 0 Å². The summed E-state index contributed by atoms with van der Waals surface area (Å²) in [5.41, 5.74) is 4.07. The summed E-state index contributed by atoms with van der Waals surface area (Å²) in [5.74, 6) is 2.29. The van der Waals surface area contributed by atoms with Crippen LogP contribution in [0.5, 0.6) is 0 Å². The Morgan fingerprint density at radius 2 is 1.97 bits per heavy atom. The van der Waals surface area contributed by atoms with Gasteiger partial charge in [-0.3, -0.25) is 4.99 Å². The van der Waals surface area contributed by atoms with E-state index in [1.807, 2.05) is 30.5 Å². The van der Waals surface area contributed by atoms with E-state index in [9.17, 15) is 0 Å². The fourth-order valence-corrected chi connectivity index (χ4v) is 3.53. The number of nitrogens with zero attached hydrogens (tertiary/aromatic N) is 4. The number of hydrogen-bond donors (Lipinski definition) is 2. The molecule has 0 bridgehead atoms. The lowest BCUT2D eigenvalue weighted by molar-refractivity contribution is 0.0529. The number of pyridine rings is 1. The molecule has 1 saturated heterocycles. The predicted molar refractivity (Wildman–Crippen MR) is 126 cm³/mol. The fourth-order valence-electron chi connectivity index (χ4n) is 3.53. The molecule has 1 aliphatic heterocycles. The lowest BCUT2D eigenvalue weighted by Gasteiger charge is -2.32. The van der Waals surface area contributed by atoms with Crippen molar-refractivity contribution in [1.82, 2.24) is 20.6 Å². The van der Waals surface area contributed by atoms with Gasteiger partial charge in [-0.2, -0.15) is 0 Å². The van der Waals surface area contributed by atoms with Crippen LogP contribution < -0.4 is 15.5 Å². The molecule has 1 atom stereocenters. The van der Waals surface area contributed by atoms with Gasteiger partial charge in [-0.15, -0.1) is 0 Å². The van der Waals surface area contributed by atoms with E-state index in [0.717, 1.165) is 42.3 Å². The Bertz CT molecular complexity index is 1030. The Morgan fingerprint density at radius 3 is 2.69 bits per heavy atom. The zero-order valence-corrected chi connectivity index (χ0v) is 18.8. The first-order chi connectivity index (χ1) is 15.6. The number of benzene rings is 1. The molecule has 8 heteroatoms. The SMILES string of the molecule is CN=C(NCc1ccc(N2CCOC(C)C2)nc1)NCc1coc(-c2ccc(C)cc2)n1. The van der Waals surface area contributed by atoms with Crippen LogP contribution in [0.15, 0.2) is 58.3 Å². The van der Waals surface area contributed by atoms with Gasteiger partial charge in [0, 0.05) is 38.4 Å². The standard InChI is InChI=1S/C24H30N6O2/c1-17-4-7-20(8-5-17)23-29-21(16-32-23)14-28-24(25-3)27-13-19-6-9-22(26-12-19)30-10-11-31-18(2)15-30/h4-9,12,16,18H,10-11,13-15H2,1-3H3,(H2,25,27,28). The molecule has 4 rings (SSSR count). The molecular formula is C24H30N6O2. The largest absolute Gasteiger partial charge is 0.444 e. The van der Waals surface area contributed by atoms with Gasteiger partial charge < -0.3 is 24.7 Å². The van der Waals surface area contributed by atoms with Gasteiger partial charge >= 0.3 is 0 Å². The zero-order chi connectivity index (χ0) is 22.3. The second-order valence-corrected chi connectivity index (χ2v) is 7.94. The third kappa shape index (κ3) is 5.64. The highest BCUT2D eigenvalue weighted by Crippen LogP contribution is 2.19. The van der Waals surface area contributed by atoms with Gasteiger partial charge in [-0.1, -0.05) is 23.8 Å². The molecule has 1 fully saturated rings. The summed E-state index contributed by atoms with van der Waals surface area (Å²) in [4.78, 5) is 15.7. The lowest BCUT2D eigenvalue weighted by Crippen LogP contribution is -2.41. The van der Waals surface area contributed by atoms with Crippen LogP contribution in [0.4, 0.5) is 5.82 Å². The highest BCUT2D eigenvalue weighted by atomic mass is 16.5. The average Bonchev–Trinajstić information content (AvgIpc) is 3.29. The number of anilines is 1. The summed E-state index contributed by atoms with van der Waals surface area (Å²) in [5, 5.41) is 6.59. The highest BCUT2D eigenvalue weighted by molar-refractivity contribution is 5.79. The van der Waals surface area contributed by atoms with Crippen molar-refractivity contribution in [3.63, 3.8) is 0 Å². The van der Waals surface area contributed by atoms with Gasteiger partial charge in [0.25, 0.3) is 0 Å².